The number of carbonyl (C=O) groups is 1. The van der Waals surface area contributed by atoms with Crippen molar-refractivity contribution < 1.29 is 18.3 Å². The van der Waals surface area contributed by atoms with Crippen LogP contribution >= 0.6 is 11.6 Å². The molecule has 0 spiro atoms. The summed E-state index contributed by atoms with van der Waals surface area (Å²) in [6.45, 7) is 0. The maximum atomic E-state index is 13.0. The van der Waals surface area contributed by atoms with Crippen molar-refractivity contribution in [2.24, 2.45) is 0 Å². The minimum Gasteiger partial charge on any atom is -0.464 e. The summed E-state index contributed by atoms with van der Waals surface area (Å²) in [5.41, 5.74) is 0.0350. The van der Waals surface area contributed by atoms with E-state index in [0.717, 1.165) is 12.1 Å². The number of carbonyl (C=O) groups excluding carboxylic acids is 1. The minimum absolute atomic E-state index is 0.0593. The lowest BCUT2D eigenvalue weighted by atomic mass is 10.2. The van der Waals surface area contributed by atoms with Gasteiger partial charge in [0.25, 0.3) is 0 Å². The zero-order valence-electron chi connectivity index (χ0n) is 8.63. The first-order valence-corrected chi connectivity index (χ1v) is 4.94. The van der Waals surface area contributed by atoms with Gasteiger partial charge in [0.1, 0.15) is 0 Å². The van der Waals surface area contributed by atoms with Gasteiger partial charge in [-0.1, -0.05) is 11.6 Å². The summed E-state index contributed by atoms with van der Waals surface area (Å²) in [6, 6.07) is 3.05. The van der Waals surface area contributed by atoms with Crippen LogP contribution in [-0.4, -0.2) is 18.1 Å². The standard InChI is InChI=1S/C11H6ClF2NO2/c1-17-11(16)10-3-6(12)5-2-7(13)8(14)4-9(5)15-10/h2-4H,1H3. The quantitative estimate of drug-likeness (QED) is 0.738. The molecule has 17 heavy (non-hydrogen) atoms. The molecule has 0 bridgehead atoms. The van der Waals surface area contributed by atoms with Crippen LogP contribution in [0.25, 0.3) is 10.9 Å². The van der Waals surface area contributed by atoms with Gasteiger partial charge in [0, 0.05) is 11.5 Å². The Kier molecular flexibility index (Phi) is 2.93. The molecule has 3 nitrogen and oxygen atoms in total. The molecular formula is C11H6ClF2NO2. The Morgan fingerprint density at radius 1 is 1.29 bits per heavy atom. The average Bonchev–Trinajstić information content (AvgIpc) is 2.30. The third-order valence-corrected chi connectivity index (χ3v) is 2.51. The highest BCUT2D eigenvalue weighted by molar-refractivity contribution is 6.35. The predicted molar refractivity (Wildman–Crippen MR) is 58.0 cm³/mol. The van der Waals surface area contributed by atoms with Crippen molar-refractivity contribution in [3.05, 3.63) is 40.6 Å². The molecule has 6 heteroatoms. The Bertz CT molecular complexity index is 616. The van der Waals surface area contributed by atoms with Gasteiger partial charge >= 0.3 is 5.97 Å². The maximum Gasteiger partial charge on any atom is 0.356 e. The van der Waals surface area contributed by atoms with E-state index in [2.05, 4.69) is 9.72 Å². The van der Waals surface area contributed by atoms with Crippen LogP contribution in [0.1, 0.15) is 10.5 Å². The van der Waals surface area contributed by atoms with Gasteiger partial charge in [-0.05, 0) is 12.1 Å². The second-order valence-electron chi connectivity index (χ2n) is 3.26. The Morgan fingerprint density at radius 2 is 1.94 bits per heavy atom. The Hall–Kier alpha value is -1.75. The number of rotatable bonds is 1. The van der Waals surface area contributed by atoms with Crippen molar-refractivity contribution >= 4 is 28.5 Å². The van der Waals surface area contributed by atoms with Crippen LogP contribution in [0.5, 0.6) is 0 Å². The van der Waals surface area contributed by atoms with E-state index in [-0.39, 0.29) is 21.6 Å². The molecule has 0 aliphatic carbocycles. The SMILES string of the molecule is COC(=O)c1cc(Cl)c2cc(F)c(F)cc2n1. The van der Waals surface area contributed by atoms with Crippen LogP contribution in [0.3, 0.4) is 0 Å². The minimum atomic E-state index is -1.05. The number of pyridine rings is 1. The van der Waals surface area contributed by atoms with E-state index in [1.807, 2.05) is 0 Å². The lowest BCUT2D eigenvalue weighted by molar-refractivity contribution is 0.0594. The molecule has 0 unspecified atom stereocenters. The van der Waals surface area contributed by atoms with Crippen molar-refractivity contribution in [3.8, 4) is 0 Å². The van der Waals surface area contributed by atoms with Gasteiger partial charge in [-0.2, -0.15) is 0 Å². The first kappa shape index (κ1) is 11.7. The fraction of sp³-hybridized carbons (Fsp3) is 0.0909. The molecule has 0 radical (unpaired) electrons. The lowest BCUT2D eigenvalue weighted by Gasteiger charge is -2.04. The van der Waals surface area contributed by atoms with Crippen molar-refractivity contribution in [1.82, 2.24) is 4.98 Å². The average molecular weight is 258 g/mol. The van der Waals surface area contributed by atoms with E-state index in [4.69, 9.17) is 11.6 Å². The fourth-order valence-corrected chi connectivity index (χ4v) is 1.64. The summed E-state index contributed by atoms with van der Waals surface area (Å²) < 4.78 is 30.5. The second kappa shape index (κ2) is 4.25. The number of benzene rings is 1. The van der Waals surface area contributed by atoms with E-state index >= 15 is 0 Å². The summed E-state index contributed by atoms with van der Waals surface area (Å²) in [5, 5.41) is 0.340. The predicted octanol–water partition coefficient (Wildman–Crippen LogP) is 2.95. The van der Waals surface area contributed by atoms with Crippen LogP contribution in [0.4, 0.5) is 8.78 Å². The second-order valence-corrected chi connectivity index (χ2v) is 3.67. The molecule has 0 N–H and O–H groups in total. The summed E-state index contributed by atoms with van der Waals surface area (Å²) in [5.74, 6) is -2.77. The summed E-state index contributed by atoms with van der Waals surface area (Å²) in [4.78, 5) is 15.1. The Morgan fingerprint density at radius 3 is 2.59 bits per heavy atom. The number of aromatic nitrogens is 1. The highest BCUT2D eigenvalue weighted by Crippen LogP contribution is 2.25. The first-order chi connectivity index (χ1) is 8.02. The van der Waals surface area contributed by atoms with Gasteiger partial charge in [-0.25, -0.2) is 18.6 Å². The van der Waals surface area contributed by atoms with Crippen molar-refractivity contribution in [2.45, 2.75) is 0 Å². The monoisotopic (exact) mass is 257 g/mol. The van der Waals surface area contributed by atoms with Crippen molar-refractivity contribution in [1.29, 1.82) is 0 Å². The van der Waals surface area contributed by atoms with Gasteiger partial charge in [0.05, 0.1) is 17.6 Å². The first-order valence-electron chi connectivity index (χ1n) is 4.56. The number of ether oxygens (including phenoxy) is 1. The number of hydrogen-bond donors (Lipinski definition) is 0. The highest BCUT2D eigenvalue weighted by Gasteiger charge is 2.13. The van der Waals surface area contributed by atoms with E-state index in [9.17, 15) is 13.6 Å². The number of methoxy groups -OCH3 is 1. The lowest BCUT2D eigenvalue weighted by Crippen LogP contribution is -2.04. The highest BCUT2D eigenvalue weighted by atomic mass is 35.5. The topological polar surface area (TPSA) is 39.2 Å². The van der Waals surface area contributed by atoms with Gasteiger partial charge in [-0.3, -0.25) is 0 Å². The molecule has 0 aliphatic rings. The van der Waals surface area contributed by atoms with Crippen LogP contribution < -0.4 is 0 Å². The molecule has 2 rings (SSSR count). The van der Waals surface area contributed by atoms with Gasteiger partial charge in [-0.15, -0.1) is 0 Å². The van der Waals surface area contributed by atoms with Gasteiger partial charge in [0.2, 0.25) is 0 Å². The fourth-order valence-electron chi connectivity index (χ4n) is 1.39. The zero-order chi connectivity index (χ0) is 12.6. The van der Waals surface area contributed by atoms with E-state index in [0.29, 0.717) is 0 Å². The smallest absolute Gasteiger partial charge is 0.356 e. The number of halogens is 3. The summed E-state index contributed by atoms with van der Waals surface area (Å²) >= 11 is 5.85. The molecule has 0 fully saturated rings. The zero-order valence-corrected chi connectivity index (χ0v) is 9.39. The maximum absolute atomic E-state index is 13.0. The molecule has 0 atom stereocenters. The molecule has 1 aromatic heterocycles. The van der Waals surface area contributed by atoms with Crippen LogP contribution in [0.15, 0.2) is 18.2 Å². The van der Waals surface area contributed by atoms with E-state index in [1.165, 1.54) is 13.2 Å². The summed E-state index contributed by atoms with van der Waals surface area (Å²) in [6.07, 6.45) is 0. The van der Waals surface area contributed by atoms with E-state index < -0.39 is 17.6 Å². The molecule has 88 valence electrons. The Balaban J connectivity index is 2.73. The van der Waals surface area contributed by atoms with Crippen LogP contribution in [0.2, 0.25) is 5.02 Å². The third-order valence-electron chi connectivity index (χ3n) is 2.19. The number of nitrogens with zero attached hydrogens (tertiary/aromatic N) is 1. The molecule has 1 aromatic carbocycles. The molecule has 2 aromatic rings. The Labute approximate surface area is 100.0 Å². The number of esters is 1. The van der Waals surface area contributed by atoms with Crippen LogP contribution in [-0.2, 0) is 4.74 Å². The largest absolute Gasteiger partial charge is 0.464 e. The van der Waals surface area contributed by atoms with Crippen LogP contribution in [0, 0.1) is 11.6 Å². The third kappa shape index (κ3) is 2.06. The normalized spacial score (nSPS) is 10.6. The molecule has 0 aliphatic heterocycles. The molecule has 0 amide bonds. The number of fused-ring (bicyclic) bond motifs is 1. The number of hydrogen-bond acceptors (Lipinski definition) is 3. The molecule has 0 saturated heterocycles. The summed E-state index contributed by atoms with van der Waals surface area (Å²) in [7, 11) is 1.19. The van der Waals surface area contributed by atoms with E-state index in [1.54, 1.807) is 0 Å². The molecule has 0 saturated carbocycles. The van der Waals surface area contributed by atoms with Crippen molar-refractivity contribution in [3.63, 3.8) is 0 Å². The van der Waals surface area contributed by atoms with Crippen molar-refractivity contribution in [2.75, 3.05) is 7.11 Å². The van der Waals surface area contributed by atoms with Gasteiger partial charge < -0.3 is 4.74 Å². The molecular weight excluding hydrogens is 252 g/mol. The molecule has 1 heterocycles. The van der Waals surface area contributed by atoms with Gasteiger partial charge in [0.15, 0.2) is 17.3 Å².